The van der Waals surface area contributed by atoms with Crippen LogP contribution in [-0.4, -0.2) is 38.7 Å². The Bertz CT molecular complexity index is 1580. The zero-order valence-electron chi connectivity index (χ0n) is 25.3. The van der Waals surface area contributed by atoms with Crippen molar-refractivity contribution in [2.45, 2.75) is 85.3 Å². The molecule has 2 aromatic heterocycles. The van der Waals surface area contributed by atoms with Gasteiger partial charge in [-0.25, -0.2) is 14.8 Å². The third-order valence-corrected chi connectivity index (χ3v) is 7.43. The maximum atomic E-state index is 12.7. The molecule has 0 aliphatic carbocycles. The minimum Gasteiger partial charge on any atom is -0.428 e. The zero-order valence-corrected chi connectivity index (χ0v) is 25.3. The minimum atomic E-state index is -0.729. The number of amides is 1. The molecule has 8 nitrogen and oxygen atoms in total. The molecule has 0 radical (unpaired) electrons. The van der Waals surface area contributed by atoms with E-state index >= 15 is 0 Å². The predicted molar refractivity (Wildman–Crippen MR) is 165 cm³/mol. The Morgan fingerprint density at radius 1 is 1.02 bits per heavy atom. The lowest BCUT2D eigenvalue weighted by molar-refractivity contribution is -0.119. The molecular formula is C34H40N4O4. The highest BCUT2D eigenvalue weighted by Gasteiger charge is 2.24. The van der Waals surface area contributed by atoms with E-state index in [1.54, 1.807) is 26.8 Å². The SMILES string of the molecule is CCCCc1nc2nc(C)c(N3CCCCC3=O)cc2n1Cc1ccc(-c2ccccc2OC(=O)OC(C)(C)C)cc1. The van der Waals surface area contributed by atoms with Crippen LogP contribution >= 0.6 is 0 Å². The quantitative estimate of drug-likeness (QED) is 0.160. The topological polar surface area (TPSA) is 86.5 Å². The summed E-state index contributed by atoms with van der Waals surface area (Å²) >= 11 is 0. The Balaban J connectivity index is 1.45. The number of carbonyl (C=O) groups is 2. The van der Waals surface area contributed by atoms with Gasteiger partial charge in [-0.1, -0.05) is 55.8 Å². The number of aromatic nitrogens is 3. The monoisotopic (exact) mass is 568 g/mol. The van der Waals surface area contributed by atoms with Crippen molar-refractivity contribution in [2.75, 3.05) is 11.4 Å². The van der Waals surface area contributed by atoms with Crippen LogP contribution in [0, 0.1) is 6.92 Å². The Morgan fingerprint density at radius 3 is 2.50 bits per heavy atom. The molecule has 0 bridgehead atoms. The third kappa shape index (κ3) is 6.64. The summed E-state index contributed by atoms with van der Waals surface area (Å²) in [6.45, 7) is 10.9. The number of fused-ring (bicyclic) bond motifs is 1. The van der Waals surface area contributed by atoms with E-state index in [0.717, 1.165) is 83.7 Å². The number of anilines is 1. The number of para-hydroxylation sites is 1. The fourth-order valence-electron chi connectivity index (χ4n) is 5.34. The maximum Gasteiger partial charge on any atom is 0.514 e. The van der Waals surface area contributed by atoms with E-state index in [1.807, 2.05) is 42.2 Å². The summed E-state index contributed by atoms with van der Waals surface area (Å²) in [4.78, 5) is 36.7. The van der Waals surface area contributed by atoms with Crippen molar-refractivity contribution < 1.29 is 19.1 Å². The number of rotatable bonds is 8. The predicted octanol–water partition coefficient (Wildman–Crippen LogP) is 7.63. The van der Waals surface area contributed by atoms with Crippen LogP contribution in [0.15, 0.2) is 54.6 Å². The Morgan fingerprint density at radius 2 is 1.79 bits per heavy atom. The number of nitrogens with zero attached hydrogens (tertiary/aromatic N) is 4. The molecule has 1 saturated heterocycles. The van der Waals surface area contributed by atoms with Gasteiger partial charge in [-0.2, -0.15) is 0 Å². The molecule has 2 aromatic carbocycles. The molecule has 1 aliphatic rings. The number of unbranched alkanes of at least 4 members (excludes halogenated alkanes) is 1. The first-order chi connectivity index (χ1) is 20.1. The van der Waals surface area contributed by atoms with Crippen LogP contribution in [-0.2, 0) is 22.5 Å². The van der Waals surface area contributed by atoms with Gasteiger partial charge in [0.15, 0.2) is 5.65 Å². The third-order valence-electron chi connectivity index (χ3n) is 7.43. The highest BCUT2D eigenvalue weighted by atomic mass is 16.7. The molecule has 0 unspecified atom stereocenters. The van der Waals surface area contributed by atoms with Crippen molar-refractivity contribution >= 4 is 28.9 Å². The number of carbonyl (C=O) groups excluding carboxylic acids is 2. The fraction of sp³-hybridized carbons (Fsp3) is 0.412. The molecule has 1 fully saturated rings. The highest BCUT2D eigenvalue weighted by molar-refractivity contribution is 5.96. The Hall–Kier alpha value is -4.20. The minimum absolute atomic E-state index is 0.161. The van der Waals surface area contributed by atoms with E-state index in [4.69, 9.17) is 19.4 Å². The highest BCUT2D eigenvalue weighted by Crippen LogP contribution is 2.32. The molecule has 1 amide bonds. The maximum absolute atomic E-state index is 12.7. The van der Waals surface area contributed by atoms with Crippen molar-refractivity contribution in [3.8, 4) is 16.9 Å². The van der Waals surface area contributed by atoms with Gasteiger partial charge in [0.25, 0.3) is 0 Å². The summed E-state index contributed by atoms with van der Waals surface area (Å²) in [5.74, 6) is 1.61. The molecule has 0 N–H and O–H groups in total. The first kappa shape index (κ1) is 29.3. The second kappa shape index (κ2) is 12.3. The lowest BCUT2D eigenvalue weighted by atomic mass is 10.0. The van der Waals surface area contributed by atoms with Gasteiger partial charge in [0, 0.05) is 31.5 Å². The largest absolute Gasteiger partial charge is 0.514 e. The van der Waals surface area contributed by atoms with Crippen LogP contribution in [0.3, 0.4) is 0 Å². The van der Waals surface area contributed by atoms with Gasteiger partial charge in [0.2, 0.25) is 5.91 Å². The summed E-state index contributed by atoms with van der Waals surface area (Å²) in [5.41, 5.74) is 5.59. The molecule has 1 aliphatic heterocycles. The number of ether oxygens (including phenoxy) is 2. The van der Waals surface area contributed by atoms with Crippen molar-refractivity contribution in [2.24, 2.45) is 0 Å². The number of hydrogen-bond acceptors (Lipinski definition) is 6. The molecule has 4 aromatic rings. The van der Waals surface area contributed by atoms with Gasteiger partial charge >= 0.3 is 6.16 Å². The Kier molecular flexibility index (Phi) is 8.61. The normalized spacial score (nSPS) is 13.9. The average Bonchev–Trinajstić information content (AvgIpc) is 3.27. The molecule has 5 rings (SSSR count). The first-order valence-electron chi connectivity index (χ1n) is 14.9. The van der Waals surface area contributed by atoms with Crippen LogP contribution in [0.25, 0.3) is 22.3 Å². The van der Waals surface area contributed by atoms with E-state index in [9.17, 15) is 9.59 Å². The summed E-state index contributed by atoms with van der Waals surface area (Å²) in [6, 6.07) is 17.8. The molecule has 42 heavy (non-hydrogen) atoms. The number of pyridine rings is 1. The van der Waals surface area contributed by atoms with Gasteiger partial charge < -0.3 is 18.9 Å². The molecule has 3 heterocycles. The van der Waals surface area contributed by atoms with E-state index in [1.165, 1.54) is 0 Å². The van der Waals surface area contributed by atoms with Crippen molar-refractivity contribution in [1.29, 1.82) is 0 Å². The lowest BCUT2D eigenvalue weighted by Crippen LogP contribution is -2.35. The van der Waals surface area contributed by atoms with E-state index in [2.05, 4.69) is 29.7 Å². The molecule has 8 heteroatoms. The van der Waals surface area contributed by atoms with E-state index in [-0.39, 0.29) is 5.91 Å². The number of imidazole rings is 1. The standard InChI is InChI=1S/C34H40N4O4/c1-6-7-14-30-36-32-28(21-27(23(2)35-32)37-20-11-10-15-31(37)39)38(30)22-24-16-18-25(19-17-24)26-12-8-9-13-29(26)41-33(40)42-34(3,4)5/h8-9,12-13,16-19,21H,6-7,10-11,14-15,20,22H2,1-5H3. The van der Waals surface area contributed by atoms with Gasteiger partial charge in [-0.3, -0.25) is 4.79 Å². The number of aryl methyl sites for hydroxylation is 2. The van der Waals surface area contributed by atoms with Gasteiger partial charge in [-0.15, -0.1) is 0 Å². The molecule has 0 saturated carbocycles. The summed E-state index contributed by atoms with van der Waals surface area (Å²) < 4.78 is 13.2. The van der Waals surface area contributed by atoms with E-state index in [0.29, 0.717) is 18.7 Å². The van der Waals surface area contributed by atoms with E-state index < -0.39 is 11.8 Å². The summed E-state index contributed by atoms with van der Waals surface area (Å²) in [5, 5.41) is 0. The average molecular weight is 569 g/mol. The van der Waals surface area contributed by atoms with Crippen LogP contribution in [0.4, 0.5) is 10.5 Å². The zero-order chi connectivity index (χ0) is 29.9. The van der Waals surface area contributed by atoms with Crippen LogP contribution in [0.1, 0.15) is 76.9 Å². The second-order valence-corrected chi connectivity index (χ2v) is 11.9. The number of benzene rings is 2. The number of piperidine rings is 1. The van der Waals surface area contributed by atoms with Crippen LogP contribution in [0.5, 0.6) is 5.75 Å². The summed E-state index contributed by atoms with van der Waals surface area (Å²) in [6.07, 6.45) is 4.76. The van der Waals surface area contributed by atoms with Gasteiger partial charge in [-0.05, 0) is 70.2 Å². The first-order valence-corrected chi connectivity index (χ1v) is 14.9. The smallest absolute Gasteiger partial charge is 0.428 e. The number of hydrogen-bond donors (Lipinski definition) is 0. The second-order valence-electron chi connectivity index (χ2n) is 11.9. The fourth-order valence-corrected chi connectivity index (χ4v) is 5.34. The lowest BCUT2D eigenvalue weighted by Gasteiger charge is -2.27. The summed E-state index contributed by atoms with van der Waals surface area (Å²) in [7, 11) is 0. The van der Waals surface area contributed by atoms with Crippen molar-refractivity contribution in [3.63, 3.8) is 0 Å². The van der Waals surface area contributed by atoms with Gasteiger partial charge in [0.05, 0.1) is 16.9 Å². The van der Waals surface area contributed by atoms with Crippen molar-refractivity contribution in [3.05, 3.63) is 71.7 Å². The molecule has 220 valence electrons. The van der Waals surface area contributed by atoms with Crippen LogP contribution in [0.2, 0.25) is 0 Å². The molecule has 0 spiro atoms. The Labute approximate surface area is 247 Å². The van der Waals surface area contributed by atoms with Gasteiger partial charge in [0.1, 0.15) is 17.2 Å². The van der Waals surface area contributed by atoms with Crippen molar-refractivity contribution in [1.82, 2.24) is 14.5 Å². The molecule has 0 atom stereocenters. The van der Waals surface area contributed by atoms with Crippen LogP contribution < -0.4 is 9.64 Å². The molecular weight excluding hydrogens is 528 g/mol.